The van der Waals surface area contributed by atoms with Crippen molar-refractivity contribution in [3.63, 3.8) is 0 Å². The molecule has 3 heteroatoms. The topological polar surface area (TPSA) is 30.5 Å². The Bertz CT molecular complexity index is 324. The molecule has 0 aromatic heterocycles. The minimum Gasteiger partial charge on any atom is -0.494 e. The largest absolute Gasteiger partial charge is 0.494 e. The van der Waals surface area contributed by atoms with Gasteiger partial charge in [-0.1, -0.05) is 57.6 Å². The number of nitrogens with one attached hydrogen (secondary N) is 1. The van der Waals surface area contributed by atoms with Gasteiger partial charge in [0.15, 0.2) is 0 Å². The third-order valence-corrected chi connectivity index (χ3v) is 3.32. The summed E-state index contributed by atoms with van der Waals surface area (Å²) in [7, 11) is 1.76. The van der Waals surface area contributed by atoms with Crippen molar-refractivity contribution in [1.82, 2.24) is 5.48 Å². The molecule has 0 atom stereocenters. The van der Waals surface area contributed by atoms with Crippen molar-refractivity contribution in [2.24, 2.45) is 0 Å². The molecule has 0 radical (unpaired) electrons. The van der Waals surface area contributed by atoms with E-state index in [2.05, 4.69) is 12.4 Å². The zero-order chi connectivity index (χ0) is 14.5. The fourth-order valence-corrected chi connectivity index (χ4v) is 2.09. The van der Waals surface area contributed by atoms with Crippen LogP contribution in [0.1, 0.15) is 57.4 Å². The van der Waals surface area contributed by atoms with Gasteiger partial charge in [-0.05, 0) is 24.1 Å². The molecule has 0 bridgehead atoms. The number of hydrogen-bond acceptors (Lipinski definition) is 3. The summed E-state index contributed by atoms with van der Waals surface area (Å²) < 4.78 is 5.74. The van der Waals surface area contributed by atoms with Crippen LogP contribution in [0, 0.1) is 0 Å². The van der Waals surface area contributed by atoms with E-state index in [-0.39, 0.29) is 0 Å². The smallest absolute Gasteiger partial charge is 0.119 e. The molecule has 20 heavy (non-hydrogen) atoms. The summed E-state index contributed by atoms with van der Waals surface area (Å²) >= 11 is 0. The second-order valence-corrected chi connectivity index (χ2v) is 5.11. The van der Waals surface area contributed by atoms with E-state index in [1.165, 1.54) is 38.5 Å². The molecule has 0 heterocycles. The summed E-state index contributed by atoms with van der Waals surface area (Å²) in [6.07, 6.45) is 9.21. The van der Waals surface area contributed by atoms with Gasteiger partial charge in [0.2, 0.25) is 0 Å². The van der Waals surface area contributed by atoms with Crippen LogP contribution in [0.15, 0.2) is 24.3 Å². The Balaban J connectivity index is 2.04. The van der Waals surface area contributed by atoms with Gasteiger partial charge in [-0.3, -0.25) is 4.84 Å². The predicted octanol–water partition coefficient (Wildman–Crippen LogP) is 4.47. The lowest BCUT2D eigenvalue weighted by Gasteiger charge is -2.07. The van der Waals surface area contributed by atoms with E-state index >= 15 is 0 Å². The van der Waals surface area contributed by atoms with Gasteiger partial charge in [0.25, 0.3) is 0 Å². The molecule has 0 aliphatic carbocycles. The molecule has 1 N–H and O–H groups in total. The Morgan fingerprint density at radius 3 is 2.20 bits per heavy atom. The van der Waals surface area contributed by atoms with E-state index in [4.69, 9.17) is 9.57 Å². The molecule has 1 aromatic carbocycles. The van der Waals surface area contributed by atoms with Crippen LogP contribution in [0.2, 0.25) is 0 Å². The summed E-state index contributed by atoms with van der Waals surface area (Å²) in [6, 6.07) is 8.10. The summed E-state index contributed by atoms with van der Waals surface area (Å²) in [5.41, 5.74) is 3.81. The van der Waals surface area contributed by atoms with Gasteiger partial charge in [0, 0.05) is 7.05 Å². The summed E-state index contributed by atoms with van der Waals surface area (Å²) in [6.45, 7) is 3.65. The van der Waals surface area contributed by atoms with Gasteiger partial charge < -0.3 is 4.74 Å². The van der Waals surface area contributed by atoms with E-state index < -0.39 is 0 Å². The first kappa shape index (κ1) is 17.0. The maximum atomic E-state index is 5.74. The van der Waals surface area contributed by atoms with Crippen molar-refractivity contribution in [3.05, 3.63) is 29.8 Å². The molecule has 0 fully saturated rings. The highest BCUT2D eigenvalue weighted by Gasteiger charge is 1.96. The summed E-state index contributed by atoms with van der Waals surface area (Å²) in [5, 5.41) is 0. The first-order valence-electron chi connectivity index (χ1n) is 7.87. The maximum Gasteiger partial charge on any atom is 0.119 e. The van der Waals surface area contributed by atoms with Crippen LogP contribution in [0.5, 0.6) is 5.75 Å². The van der Waals surface area contributed by atoms with E-state index in [0.29, 0.717) is 6.61 Å². The Morgan fingerprint density at radius 2 is 1.55 bits per heavy atom. The average Bonchev–Trinajstić information content (AvgIpc) is 2.49. The molecule has 1 aromatic rings. The Hall–Kier alpha value is -1.06. The minimum absolute atomic E-state index is 0.578. The molecule has 1 rings (SSSR count). The molecule has 114 valence electrons. The van der Waals surface area contributed by atoms with Crippen molar-refractivity contribution >= 4 is 0 Å². The van der Waals surface area contributed by atoms with Gasteiger partial charge in [-0.15, -0.1) is 0 Å². The molecule has 0 amide bonds. The lowest BCUT2D eigenvalue weighted by Crippen LogP contribution is -2.06. The molecular formula is C17H29NO2. The second-order valence-electron chi connectivity index (χ2n) is 5.11. The SMILES string of the molecule is CCCCCCCCCOc1ccc(CONC)cc1. The second kappa shape index (κ2) is 11.7. The van der Waals surface area contributed by atoms with E-state index in [1.54, 1.807) is 7.05 Å². The highest BCUT2D eigenvalue weighted by atomic mass is 16.6. The first-order chi connectivity index (χ1) is 9.86. The highest BCUT2D eigenvalue weighted by molar-refractivity contribution is 5.26. The van der Waals surface area contributed by atoms with Crippen molar-refractivity contribution in [3.8, 4) is 5.75 Å². The number of ether oxygens (including phenoxy) is 1. The van der Waals surface area contributed by atoms with Gasteiger partial charge >= 0.3 is 0 Å². The van der Waals surface area contributed by atoms with E-state index in [1.807, 2.05) is 24.3 Å². The molecule has 0 aliphatic heterocycles. The van der Waals surface area contributed by atoms with Gasteiger partial charge in [0.05, 0.1) is 13.2 Å². The normalized spacial score (nSPS) is 10.7. The van der Waals surface area contributed by atoms with Crippen LogP contribution in [0.4, 0.5) is 0 Å². The third-order valence-electron chi connectivity index (χ3n) is 3.32. The van der Waals surface area contributed by atoms with E-state index in [9.17, 15) is 0 Å². The number of hydrogen-bond donors (Lipinski definition) is 1. The first-order valence-corrected chi connectivity index (χ1v) is 7.87. The zero-order valence-electron chi connectivity index (χ0n) is 13.0. The zero-order valence-corrected chi connectivity index (χ0v) is 13.0. The number of benzene rings is 1. The Labute approximate surface area is 123 Å². The fraction of sp³-hybridized carbons (Fsp3) is 0.647. The van der Waals surface area contributed by atoms with Crippen molar-refractivity contribution in [2.45, 2.75) is 58.5 Å². The Morgan fingerprint density at radius 1 is 0.900 bits per heavy atom. The van der Waals surface area contributed by atoms with Crippen molar-refractivity contribution < 1.29 is 9.57 Å². The molecular weight excluding hydrogens is 250 g/mol. The monoisotopic (exact) mass is 279 g/mol. The molecule has 0 saturated heterocycles. The predicted molar refractivity (Wildman–Crippen MR) is 83.8 cm³/mol. The number of unbranched alkanes of at least 4 members (excludes halogenated alkanes) is 6. The minimum atomic E-state index is 0.578. The standard InChI is InChI=1S/C17H29NO2/c1-3-4-5-6-7-8-9-14-19-17-12-10-16(11-13-17)15-20-18-2/h10-13,18H,3-9,14-15H2,1-2H3. The van der Waals surface area contributed by atoms with Gasteiger partial charge in [0.1, 0.15) is 5.75 Å². The lowest BCUT2D eigenvalue weighted by atomic mass is 10.1. The van der Waals surface area contributed by atoms with Gasteiger partial charge in [-0.25, -0.2) is 5.48 Å². The fourth-order valence-electron chi connectivity index (χ4n) is 2.09. The highest BCUT2D eigenvalue weighted by Crippen LogP contribution is 2.14. The average molecular weight is 279 g/mol. The van der Waals surface area contributed by atoms with Crippen LogP contribution < -0.4 is 10.2 Å². The lowest BCUT2D eigenvalue weighted by molar-refractivity contribution is 0.0444. The molecule has 0 spiro atoms. The van der Waals surface area contributed by atoms with Crippen molar-refractivity contribution in [2.75, 3.05) is 13.7 Å². The van der Waals surface area contributed by atoms with Crippen LogP contribution in [-0.2, 0) is 11.4 Å². The number of hydroxylamine groups is 1. The third kappa shape index (κ3) is 8.18. The molecule has 3 nitrogen and oxygen atoms in total. The van der Waals surface area contributed by atoms with Crippen LogP contribution in [0.25, 0.3) is 0 Å². The Kier molecular flexibility index (Phi) is 9.98. The van der Waals surface area contributed by atoms with E-state index in [0.717, 1.165) is 24.3 Å². The summed E-state index contributed by atoms with van der Waals surface area (Å²) in [4.78, 5) is 5.12. The van der Waals surface area contributed by atoms with Crippen LogP contribution in [0.3, 0.4) is 0 Å². The quantitative estimate of drug-likeness (QED) is 0.452. The van der Waals surface area contributed by atoms with Crippen LogP contribution in [-0.4, -0.2) is 13.7 Å². The van der Waals surface area contributed by atoms with Crippen molar-refractivity contribution in [1.29, 1.82) is 0 Å². The molecule has 0 saturated carbocycles. The van der Waals surface area contributed by atoms with Crippen LogP contribution >= 0.6 is 0 Å². The molecule has 0 aliphatic rings. The molecule has 0 unspecified atom stereocenters. The summed E-state index contributed by atoms with van der Waals surface area (Å²) in [5.74, 6) is 0.948. The maximum absolute atomic E-state index is 5.74. The van der Waals surface area contributed by atoms with Gasteiger partial charge in [-0.2, -0.15) is 0 Å². The number of rotatable bonds is 12.